The smallest absolute Gasteiger partial charge is 0.338 e. The standard InChI is InChI=1S/C31H40N2O5/c1-21-8-6-9-22(2)30(21)32(17-14-23(3)34)15-7-16-33-25-11-12-26(33)20-27(19-25)38-31(35)24-10-13-28(36-4)29(18-24)37-5/h6,8-10,13-14,17-18,25-27H,7,11-12,15-16,19-20H2,1-5H3/b17-14+. The number of esters is 1. The summed E-state index contributed by atoms with van der Waals surface area (Å²) >= 11 is 0. The highest BCUT2D eigenvalue weighted by Crippen LogP contribution is 2.38. The Morgan fingerprint density at radius 1 is 1.00 bits per heavy atom. The number of nitrogens with zero attached hydrogens (tertiary/aromatic N) is 2. The number of piperidine rings is 1. The van der Waals surface area contributed by atoms with Gasteiger partial charge in [0.15, 0.2) is 17.3 Å². The van der Waals surface area contributed by atoms with Gasteiger partial charge in [-0.05, 0) is 75.4 Å². The minimum absolute atomic E-state index is 0.0454. The van der Waals surface area contributed by atoms with Crippen LogP contribution in [0.4, 0.5) is 5.69 Å². The van der Waals surface area contributed by atoms with Crippen molar-refractivity contribution in [2.24, 2.45) is 0 Å². The number of anilines is 1. The predicted octanol–water partition coefficient (Wildman–Crippen LogP) is 5.47. The molecule has 0 saturated carbocycles. The second-order valence-corrected chi connectivity index (χ2v) is 10.4. The molecule has 0 aliphatic carbocycles. The summed E-state index contributed by atoms with van der Waals surface area (Å²) < 4.78 is 16.6. The molecule has 2 unspecified atom stereocenters. The Bertz CT molecular complexity index is 1140. The van der Waals surface area contributed by atoms with Gasteiger partial charge in [-0.3, -0.25) is 9.69 Å². The Morgan fingerprint density at radius 3 is 2.26 bits per heavy atom. The maximum Gasteiger partial charge on any atom is 0.338 e. The third-order valence-corrected chi connectivity index (χ3v) is 7.77. The molecule has 38 heavy (non-hydrogen) atoms. The minimum atomic E-state index is -0.315. The van der Waals surface area contributed by atoms with E-state index in [4.69, 9.17) is 14.2 Å². The van der Waals surface area contributed by atoms with Crippen molar-refractivity contribution in [1.82, 2.24) is 4.90 Å². The first-order valence-electron chi connectivity index (χ1n) is 13.5. The number of methoxy groups -OCH3 is 2. The van der Waals surface area contributed by atoms with Gasteiger partial charge in [0.2, 0.25) is 0 Å². The summed E-state index contributed by atoms with van der Waals surface area (Å²) in [6.07, 6.45) is 8.48. The second kappa shape index (κ2) is 12.5. The van der Waals surface area contributed by atoms with Crippen LogP contribution in [0, 0.1) is 13.8 Å². The van der Waals surface area contributed by atoms with Gasteiger partial charge in [0, 0.05) is 49.9 Å². The zero-order valence-electron chi connectivity index (χ0n) is 23.2. The van der Waals surface area contributed by atoms with Gasteiger partial charge in [0.25, 0.3) is 0 Å². The molecule has 0 N–H and O–H groups in total. The molecule has 2 aliphatic heterocycles. The number of carbonyl (C=O) groups excluding carboxylic acids is 2. The number of benzene rings is 2. The molecule has 2 bridgehead atoms. The van der Waals surface area contributed by atoms with Crippen LogP contribution in [0.3, 0.4) is 0 Å². The highest BCUT2D eigenvalue weighted by molar-refractivity contribution is 5.90. The van der Waals surface area contributed by atoms with Crippen molar-refractivity contribution in [1.29, 1.82) is 0 Å². The lowest BCUT2D eigenvalue weighted by Gasteiger charge is -2.39. The number of aryl methyl sites for hydroxylation is 2. The van der Waals surface area contributed by atoms with Gasteiger partial charge < -0.3 is 19.1 Å². The number of ether oxygens (including phenoxy) is 3. The van der Waals surface area contributed by atoms with E-state index in [2.05, 4.69) is 41.8 Å². The predicted molar refractivity (Wildman–Crippen MR) is 149 cm³/mol. The average molecular weight is 521 g/mol. The van der Waals surface area contributed by atoms with Crippen LogP contribution < -0.4 is 14.4 Å². The van der Waals surface area contributed by atoms with Crippen LogP contribution in [-0.2, 0) is 9.53 Å². The number of carbonyl (C=O) groups is 2. The molecule has 0 amide bonds. The van der Waals surface area contributed by atoms with Crippen molar-refractivity contribution in [3.8, 4) is 11.5 Å². The van der Waals surface area contributed by atoms with Gasteiger partial charge in [-0.15, -0.1) is 0 Å². The first kappa shape index (κ1) is 27.7. The van der Waals surface area contributed by atoms with Crippen LogP contribution in [-0.4, -0.2) is 62.1 Å². The summed E-state index contributed by atoms with van der Waals surface area (Å²) in [5, 5.41) is 0. The van der Waals surface area contributed by atoms with Gasteiger partial charge in [-0.1, -0.05) is 18.2 Å². The molecule has 7 heteroatoms. The van der Waals surface area contributed by atoms with Crippen molar-refractivity contribution in [2.75, 3.05) is 32.2 Å². The third-order valence-electron chi connectivity index (χ3n) is 7.77. The van der Waals surface area contributed by atoms with E-state index < -0.39 is 0 Å². The third kappa shape index (κ3) is 6.38. The lowest BCUT2D eigenvalue weighted by molar-refractivity contribution is -0.112. The number of allylic oxidation sites excluding steroid dienone is 1. The van der Waals surface area contributed by atoms with Crippen LogP contribution in [0.25, 0.3) is 0 Å². The molecular formula is C31H40N2O5. The average Bonchev–Trinajstić information content (AvgIpc) is 3.13. The van der Waals surface area contributed by atoms with Gasteiger partial charge in [0.05, 0.1) is 19.8 Å². The monoisotopic (exact) mass is 520 g/mol. The first-order chi connectivity index (χ1) is 18.3. The topological polar surface area (TPSA) is 68.3 Å². The van der Waals surface area contributed by atoms with Crippen LogP contribution in [0.1, 0.15) is 60.5 Å². The molecule has 0 radical (unpaired) electrons. The van der Waals surface area contributed by atoms with E-state index >= 15 is 0 Å². The van der Waals surface area contributed by atoms with E-state index in [0.717, 1.165) is 45.2 Å². The van der Waals surface area contributed by atoms with E-state index in [1.807, 2.05) is 6.20 Å². The molecule has 2 atom stereocenters. The molecule has 4 rings (SSSR count). The number of hydrogen-bond acceptors (Lipinski definition) is 7. The molecule has 7 nitrogen and oxygen atoms in total. The van der Waals surface area contributed by atoms with Gasteiger partial charge in [0.1, 0.15) is 6.10 Å². The Balaban J connectivity index is 1.34. The first-order valence-corrected chi connectivity index (χ1v) is 13.5. The number of fused-ring (bicyclic) bond motifs is 2. The van der Waals surface area contributed by atoms with E-state index in [1.165, 1.54) is 16.8 Å². The minimum Gasteiger partial charge on any atom is -0.493 e. The normalized spacial score (nSPS) is 20.9. The molecule has 2 fully saturated rings. The Labute approximate surface area is 226 Å². The zero-order valence-corrected chi connectivity index (χ0v) is 23.2. The number of hydrogen-bond donors (Lipinski definition) is 0. The van der Waals surface area contributed by atoms with E-state index in [9.17, 15) is 9.59 Å². The fourth-order valence-corrected chi connectivity index (χ4v) is 6.01. The summed E-state index contributed by atoms with van der Waals surface area (Å²) in [6, 6.07) is 12.3. The number of rotatable bonds is 11. The number of para-hydroxylation sites is 1. The lowest BCUT2D eigenvalue weighted by atomic mass is 9.99. The van der Waals surface area contributed by atoms with Crippen molar-refractivity contribution < 1.29 is 23.8 Å². The molecule has 2 saturated heterocycles. The molecule has 2 aliphatic rings. The van der Waals surface area contributed by atoms with Crippen molar-refractivity contribution in [3.05, 3.63) is 65.4 Å². The fourth-order valence-electron chi connectivity index (χ4n) is 6.01. The Morgan fingerprint density at radius 2 is 1.66 bits per heavy atom. The maximum atomic E-state index is 12.9. The summed E-state index contributed by atoms with van der Waals surface area (Å²) in [6.45, 7) is 7.64. The van der Waals surface area contributed by atoms with Crippen LogP contribution in [0.2, 0.25) is 0 Å². The summed E-state index contributed by atoms with van der Waals surface area (Å²) in [4.78, 5) is 29.4. The fraction of sp³-hybridized carbons (Fsp3) is 0.484. The van der Waals surface area contributed by atoms with Crippen LogP contribution in [0.5, 0.6) is 11.5 Å². The molecule has 2 aromatic rings. The molecule has 0 spiro atoms. The molecule has 2 aromatic carbocycles. The second-order valence-electron chi connectivity index (χ2n) is 10.4. The molecule has 0 aromatic heterocycles. The zero-order chi connectivity index (χ0) is 27.2. The Hall–Kier alpha value is -3.32. The summed E-state index contributed by atoms with van der Waals surface area (Å²) in [5.41, 5.74) is 4.06. The quantitative estimate of drug-likeness (QED) is 0.287. The van der Waals surface area contributed by atoms with Gasteiger partial charge >= 0.3 is 5.97 Å². The molecule has 204 valence electrons. The van der Waals surface area contributed by atoms with Crippen LogP contribution >= 0.6 is 0 Å². The largest absolute Gasteiger partial charge is 0.493 e. The highest BCUT2D eigenvalue weighted by atomic mass is 16.5. The van der Waals surface area contributed by atoms with Crippen molar-refractivity contribution in [2.45, 2.75) is 71.1 Å². The van der Waals surface area contributed by atoms with E-state index in [1.54, 1.807) is 45.4 Å². The van der Waals surface area contributed by atoms with Crippen LogP contribution in [0.15, 0.2) is 48.7 Å². The summed E-state index contributed by atoms with van der Waals surface area (Å²) in [7, 11) is 3.13. The van der Waals surface area contributed by atoms with Crippen molar-refractivity contribution in [3.63, 3.8) is 0 Å². The maximum absolute atomic E-state index is 12.9. The van der Waals surface area contributed by atoms with Gasteiger partial charge in [-0.25, -0.2) is 4.79 Å². The highest BCUT2D eigenvalue weighted by Gasteiger charge is 2.41. The Kier molecular flexibility index (Phi) is 9.10. The number of ketones is 1. The van der Waals surface area contributed by atoms with E-state index in [-0.39, 0.29) is 17.9 Å². The lowest BCUT2D eigenvalue weighted by Crippen LogP contribution is -2.46. The van der Waals surface area contributed by atoms with E-state index in [0.29, 0.717) is 29.1 Å². The molecule has 2 heterocycles. The summed E-state index contributed by atoms with van der Waals surface area (Å²) in [5.74, 6) is 0.836. The molecular weight excluding hydrogens is 480 g/mol. The van der Waals surface area contributed by atoms with Crippen molar-refractivity contribution >= 4 is 17.4 Å². The van der Waals surface area contributed by atoms with Gasteiger partial charge in [-0.2, -0.15) is 0 Å². The SMILES string of the molecule is COc1ccc(C(=O)OC2CC3CCC(C2)N3CCCN(/C=C/C(C)=O)c2c(C)cccc2C)cc1OC.